The molecule has 0 fully saturated rings. The zero-order chi connectivity index (χ0) is 21.3. The lowest BCUT2D eigenvalue weighted by Gasteiger charge is -2.11. The van der Waals surface area contributed by atoms with E-state index in [9.17, 15) is 15.0 Å². The summed E-state index contributed by atoms with van der Waals surface area (Å²) in [5, 5.41) is 20.5. The zero-order valence-electron chi connectivity index (χ0n) is 16.1. The highest BCUT2D eigenvalue weighted by atomic mass is 35.5. The summed E-state index contributed by atoms with van der Waals surface area (Å²) in [6, 6.07) is 18.7. The Morgan fingerprint density at radius 1 is 1.03 bits per heavy atom. The molecule has 0 spiro atoms. The number of phenolic OH excluding ortho intramolecular Hbond substituents is 1. The summed E-state index contributed by atoms with van der Waals surface area (Å²) in [7, 11) is 1.54. The molecule has 0 aliphatic carbocycles. The number of carbonyl (C=O) groups is 1. The average Bonchev–Trinajstić information content (AvgIpc) is 2.77. The first-order chi connectivity index (χ1) is 14.5. The summed E-state index contributed by atoms with van der Waals surface area (Å²) in [6.07, 6.45) is 0. The van der Waals surface area contributed by atoms with Gasteiger partial charge >= 0.3 is 0 Å². The summed E-state index contributed by atoms with van der Waals surface area (Å²) < 4.78 is 5.32. The molecule has 0 saturated carbocycles. The second-order valence-corrected chi connectivity index (χ2v) is 7.20. The van der Waals surface area contributed by atoms with E-state index in [0.29, 0.717) is 33.1 Å². The third-order valence-electron chi connectivity index (χ3n) is 4.89. The number of aromatic hydroxyl groups is 1. The molecule has 4 rings (SSSR count). The first kappa shape index (κ1) is 19.9. The van der Waals surface area contributed by atoms with Crippen LogP contribution in [-0.4, -0.2) is 28.1 Å². The molecule has 30 heavy (non-hydrogen) atoms. The van der Waals surface area contributed by atoms with E-state index in [1.54, 1.807) is 60.7 Å². The van der Waals surface area contributed by atoms with E-state index in [0.717, 1.165) is 16.5 Å². The Hall–Kier alpha value is -3.41. The fraction of sp³-hybridized carbons (Fsp3) is 0.0833. The molecule has 0 saturated heterocycles. The first-order valence-electron chi connectivity index (χ1n) is 9.22. The number of hydrogen-bond acceptors (Lipinski definition) is 5. The van der Waals surface area contributed by atoms with E-state index in [2.05, 4.69) is 4.98 Å². The third-order valence-corrected chi connectivity index (χ3v) is 5.26. The average molecular weight is 420 g/mol. The molecule has 6 heteroatoms. The highest BCUT2D eigenvalue weighted by molar-refractivity contribution is 6.31. The van der Waals surface area contributed by atoms with Crippen LogP contribution >= 0.6 is 11.6 Å². The van der Waals surface area contributed by atoms with Crippen LogP contribution in [0.2, 0.25) is 5.02 Å². The molecule has 1 aromatic heterocycles. The van der Waals surface area contributed by atoms with Gasteiger partial charge in [0.2, 0.25) is 5.88 Å². The molecule has 4 aromatic rings. The van der Waals surface area contributed by atoms with Crippen molar-refractivity contribution < 1.29 is 19.7 Å². The standard InChI is InChI=1S/C24H18ClNO4/c1-30-23-12-19(14-3-2-4-18(28)10-14)20-11-16(6-8-22(20)26-23)24(29)15-5-7-21(25)17(9-15)13-27/h2-12,27-28H,13H2,1H3. The number of carbonyl (C=O) groups excluding carboxylic acids is 1. The van der Waals surface area contributed by atoms with Gasteiger partial charge in [-0.15, -0.1) is 0 Å². The Labute approximate surface area is 178 Å². The van der Waals surface area contributed by atoms with Crippen molar-refractivity contribution in [3.8, 4) is 22.8 Å². The van der Waals surface area contributed by atoms with Crippen LogP contribution in [0.3, 0.4) is 0 Å². The van der Waals surface area contributed by atoms with Gasteiger partial charge in [-0.05, 0) is 65.2 Å². The van der Waals surface area contributed by atoms with Gasteiger partial charge in [0.1, 0.15) is 5.75 Å². The first-order valence-corrected chi connectivity index (χ1v) is 9.60. The number of benzene rings is 3. The van der Waals surface area contributed by atoms with Crippen molar-refractivity contribution in [2.75, 3.05) is 7.11 Å². The number of aliphatic hydroxyl groups is 1. The van der Waals surface area contributed by atoms with Crippen molar-refractivity contribution in [1.82, 2.24) is 4.98 Å². The van der Waals surface area contributed by atoms with Crippen molar-refractivity contribution in [2.24, 2.45) is 0 Å². The van der Waals surface area contributed by atoms with Crippen molar-refractivity contribution in [3.05, 3.63) is 88.4 Å². The lowest BCUT2D eigenvalue weighted by molar-refractivity contribution is 0.103. The molecular weight excluding hydrogens is 402 g/mol. The number of hydrogen-bond donors (Lipinski definition) is 2. The van der Waals surface area contributed by atoms with Gasteiger partial charge in [-0.1, -0.05) is 23.7 Å². The molecule has 0 bridgehead atoms. The van der Waals surface area contributed by atoms with E-state index < -0.39 is 0 Å². The van der Waals surface area contributed by atoms with E-state index in [1.165, 1.54) is 7.11 Å². The smallest absolute Gasteiger partial charge is 0.214 e. The fourth-order valence-corrected chi connectivity index (χ4v) is 3.54. The number of halogens is 1. The van der Waals surface area contributed by atoms with E-state index in [-0.39, 0.29) is 18.1 Å². The van der Waals surface area contributed by atoms with Gasteiger partial charge in [0, 0.05) is 27.6 Å². The Morgan fingerprint density at radius 3 is 2.53 bits per heavy atom. The second kappa shape index (κ2) is 8.14. The Bertz CT molecular complexity index is 1270. The monoisotopic (exact) mass is 419 g/mol. The fourth-order valence-electron chi connectivity index (χ4n) is 3.36. The van der Waals surface area contributed by atoms with Gasteiger partial charge in [-0.2, -0.15) is 0 Å². The van der Waals surface area contributed by atoms with Gasteiger partial charge in [-0.3, -0.25) is 4.79 Å². The molecule has 150 valence electrons. The van der Waals surface area contributed by atoms with Crippen molar-refractivity contribution in [3.63, 3.8) is 0 Å². The van der Waals surface area contributed by atoms with E-state index in [4.69, 9.17) is 16.3 Å². The Kier molecular flexibility index (Phi) is 5.40. The number of pyridine rings is 1. The quantitative estimate of drug-likeness (QED) is 0.445. The van der Waals surface area contributed by atoms with Crippen LogP contribution in [0, 0.1) is 0 Å². The van der Waals surface area contributed by atoms with Crippen LogP contribution in [0.5, 0.6) is 11.6 Å². The molecular formula is C24H18ClNO4. The maximum atomic E-state index is 13.1. The van der Waals surface area contributed by atoms with E-state index in [1.807, 2.05) is 6.07 Å². The number of ketones is 1. The lowest BCUT2D eigenvalue weighted by Crippen LogP contribution is -2.03. The molecule has 2 N–H and O–H groups in total. The number of ether oxygens (including phenoxy) is 1. The van der Waals surface area contributed by atoms with Crippen LogP contribution in [0.25, 0.3) is 22.0 Å². The van der Waals surface area contributed by atoms with Crippen molar-refractivity contribution in [1.29, 1.82) is 0 Å². The van der Waals surface area contributed by atoms with Crippen LogP contribution in [0.4, 0.5) is 0 Å². The minimum Gasteiger partial charge on any atom is -0.508 e. The highest BCUT2D eigenvalue weighted by Crippen LogP contribution is 2.33. The molecule has 1 heterocycles. The topological polar surface area (TPSA) is 79.7 Å². The summed E-state index contributed by atoms with van der Waals surface area (Å²) in [5.74, 6) is 0.382. The molecule has 3 aromatic carbocycles. The predicted molar refractivity (Wildman–Crippen MR) is 116 cm³/mol. The van der Waals surface area contributed by atoms with Crippen molar-refractivity contribution in [2.45, 2.75) is 6.61 Å². The van der Waals surface area contributed by atoms with E-state index >= 15 is 0 Å². The minimum absolute atomic E-state index is 0.140. The number of aromatic nitrogens is 1. The summed E-state index contributed by atoms with van der Waals surface area (Å²) in [6.45, 7) is -0.247. The lowest BCUT2D eigenvalue weighted by atomic mass is 9.96. The number of rotatable bonds is 5. The van der Waals surface area contributed by atoms with Gasteiger partial charge in [0.25, 0.3) is 0 Å². The minimum atomic E-state index is -0.247. The normalized spacial score (nSPS) is 10.9. The molecule has 0 radical (unpaired) electrons. The Balaban J connectivity index is 1.87. The summed E-state index contributed by atoms with van der Waals surface area (Å²) >= 11 is 6.04. The highest BCUT2D eigenvalue weighted by Gasteiger charge is 2.15. The molecule has 0 amide bonds. The third kappa shape index (κ3) is 3.73. The number of methoxy groups -OCH3 is 1. The van der Waals surface area contributed by atoms with Gasteiger partial charge in [-0.25, -0.2) is 4.98 Å². The zero-order valence-corrected chi connectivity index (χ0v) is 16.8. The molecule has 0 atom stereocenters. The predicted octanol–water partition coefficient (Wildman–Crippen LogP) is 4.99. The number of fused-ring (bicyclic) bond motifs is 1. The second-order valence-electron chi connectivity index (χ2n) is 6.79. The van der Waals surface area contributed by atoms with Crippen LogP contribution in [0.15, 0.2) is 66.7 Å². The maximum absolute atomic E-state index is 13.1. The van der Waals surface area contributed by atoms with Crippen LogP contribution in [-0.2, 0) is 6.61 Å². The van der Waals surface area contributed by atoms with Crippen LogP contribution in [0.1, 0.15) is 21.5 Å². The Morgan fingerprint density at radius 2 is 1.80 bits per heavy atom. The molecule has 0 aliphatic rings. The largest absolute Gasteiger partial charge is 0.508 e. The van der Waals surface area contributed by atoms with Gasteiger partial charge in [0.15, 0.2) is 5.78 Å². The number of phenols is 1. The van der Waals surface area contributed by atoms with Gasteiger partial charge in [0.05, 0.1) is 19.2 Å². The molecule has 5 nitrogen and oxygen atoms in total. The molecule has 0 unspecified atom stereocenters. The molecule has 0 aliphatic heterocycles. The number of nitrogens with zero attached hydrogens (tertiary/aromatic N) is 1. The summed E-state index contributed by atoms with van der Waals surface area (Å²) in [5.41, 5.74) is 3.63. The number of aliphatic hydroxyl groups excluding tert-OH is 1. The van der Waals surface area contributed by atoms with Gasteiger partial charge < -0.3 is 14.9 Å². The summed E-state index contributed by atoms with van der Waals surface area (Å²) in [4.78, 5) is 17.6. The van der Waals surface area contributed by atoms with Crippen molar-refractivity contribution >= 4 is 28.3 Å². The SMILES string of the molecule is COc1cc(-c2cccc(O)c2)c2cc(C(=O)c3ccc(Cl)c(CO)c3)ccc2n1. The van der Waals surface area contributed by atoms with Crippen LogP contribution < -0.4 is 4.74 Å². The maximum Gasteiger partial charge on any atom is 0.214 e.